The molecule has 0 fully saturated rings. The lowest BCUT2D eigenvalue weighted by Crippen LogP contribution is -2.12. The van der Waals surface area contributed by atoms with E-state index in [4.69, 9.17) is 5.11 Å². The Morgan fingerprint density at radius 3 is 2.48 bits per heavy atom. The predicted octanol–water partition coefficient (Wildman–Crippen LogP) is 2.68. The third-order valence-corrected chi connectivity index (χ3v) is 2.75. The van der Waals surface area contributed by atoms with Crippen LogP contribution < -0.4 is 5.32 Å². The maximum absolute atomic E-state index is 11.8. The number of hydrogen-bond acceptors (Lipinski definition) is 2. The van der Waals surface area contributed by atoms with Gasteiger partial charge in [-0.25, -0.2) is 4.79 Å². The predicted molar refractivity (Wildman–Crippen MR) is 80.1 cm³/mol. The zero-order valence-corrected chi connectivity index (χ0v) is 11.4. The average molecular weight is 279 g/mol. The molecule has 21 heavy (non-hydrogen) atoms. The molecule has 4 heteroatoms. The molecule has 2 aromatic carbocycles. The molecule has 0 heterocycles. The molecule has 0 aromatic heterocycles. The molecule has 0 radical (unpaired) electrons. The molecule has 2 rings (SSSR count). The van der Waals surface area contributed by atoms with E-state index >= 15 is 0 Å². The molecular weight excluding hydrogens is 266 g/mol. The first-order chi connectivity index (χ1) is 10.1. The second-order valence-electron chi connectivity index (χ2n) is 4.42. The number of amides is 1. The van der Waals surface area contributed by atoms with Crippen molar-refractivity contribution in [2.75, 3.05) is 5.32 Å². The van der Waals surface area contributed by atoms with Crippen LogP contribution in [0.4, 0.5) is 5.69 Å². The zero-order valence-electron chi connectivity index (χ0n) is 11.4. The number of benzene rings is 2. The Bertz CT molecular complexity index is 740. The van der Waals surface area contributed by atoms with Gasteiger partial charge in [0.2, 0.25) is 0 Å². The summed E-state index contributed by atoms with van der Waals surface area (Å²) in [7, 11) is 0. The van der Waals surface area contributed by atoms with Gasteiger partial charge in [0.1, 0.15) is 0 Å². The van der Waals surface area contributed by atoms with Crippen LogP contribution in [0.2, 0.25) is 0 Å². The summed E-state index contributed by atoms with van der Waals surface area (Å²) in [4.78, 5) is 22.9. The van der Waals surface area contributed by atoms with E-state index in [0.29, 0.717) is 0 Å². The minimum atomic E-state index is -1.09. The van der Waals surface area contributed by atoms with Crippen LogP contribution in [0.5, 0.6) is 0 Å². The van der Waals surface area contributed by atoms with Crippen molar-refractivity contribution in [1.82, 2.24) is 0 Å². The molecule has 0 aliphatic carbocycles. The quantitative estimate of drug-likeness (QED) is 0.831. The van der Waals surface area contributed by atoms with E-state index in [1.807, 2.05) is 18.2 Å². The van der Waals surface area contributed by atoms with Gasteiger partial charge in [0.25, 0.3) is 0 Å². The summed E-state index contributed by atoms with van der Waals surface area (Å²) in [6, 6.07) is 13.9. The molecule has 0 aliphatic rings. The number of nitrogens with one attached hydrogen (secondary N) is 1. The Balaban J connectivity index is 2.18. The van der Waals surface area contributed by atoms with Crippen molar-refractivity contribution < 1.29 is 14.7 Å². The van der Waals surface area contributed by atoms with E-state index in [0.717, 1.165) is 11.1 Å². The highest BCUT2D eigenvalue weighted by molar-refractivity contribution is 6.07. The van der Waals surface area contributed by atoms with Crippen molar-refractivity contribution >= 4 is 17.6 Å². The smallest absolute Gasteiger partial charge is 0.337 e. The van der Waals surface area contributed by atoms with Gasteiger partial charge in [0, 0.05) is 11.5 Å². The maximum Gasteiger partial charge on any atom is 0.337 e. The molecule has 0 atom stereocenters. The Morgan fingerprint density at radius 1 is 1.10 bits per heavy atom. The molecule has 0 bridgehead atoms. The Kier molecular flexibility index (Phi) is 4.37. The van der Waals surface area contributed by atoms with Crippen LogP contribution in [-0.2, 0) is 4.79 Å². The maximum atomic E-state index is 11.8. The van der Waals surface area contributed by atoms with Gasteiger partial charge in [-0.3, -0.25) is 4.79 Å². The van der Waals surface area contributed by atoms with Crippen molar-refractivity contribution in [3.8, 4) is 11.8 Å². The first-order valence-corrected chi connectivity index (χ1v) is 6.28. The van der Waals surface area contributed by atoms with E-state index < -0.39 is 11.9 Å². The lowest BCUT2D eigenvalue weighted by molar-refractivity contribution is -0.111. The zero-order chi connectivity index (χ0) is 15.2. The minimum Gasteiger partial charge on any atom is -0.478 e. The summed E-state index contributed by atoms with van der Waals surface area (Å²) in [5, 5.41) is 11.6. The number of carboxylic acids is 1. The molecule has 2 aromatic rings. The Labute approximate surface area is 122 Å². The third-order valence-electron chi connectivity index (χ3n) is 2.75. The fourth-order valence-electron chi connectivity index (χ4n) is 1.75. The summed E-state index contributed by atoms with van der Waals surface area (Å²) in [5.74, 6) is 3.51. The first kappa shape index (κ1) is 14.4. The number of rotatable bonds is 2. The van der Waals surface area contributed by atoms with Crippen LogP contribution in [0, 0.1) is 18.8 Å². The molecule has 2 N–H and O–H groups in total. The Hall–Kier alpha value is -3.06. The van der Waals surface area contributed by atoms with Gasteiger partial charge in [-0.15, -0.1) is 0 Å². The molecule has 104 valence electrons. The largest absolute Gasteiger partial charge is 0.478 e. The molecule has 0 aliphatic heterocycles. The first-order valence-electron chi connectivity index (χ1n) is 6.28. The van der Waals surface area contributed by atoms with Gasteiger partial charge in [0.05, 0.1) is 11.3 Å². The van der Waals surface area contributed by atoms with Crippen LogP contribution in [-0.4, -0.2) is 17.0 Å². The van der Waals surface area contributed by atoms with Crippen LogP contribution in [0.3, 0.4) is 0 Å². The molecule has 0 saturated heterocycles. The summed E-state index contributed by atoms with van der Waals surface area (Å²) in [6.45, 7) is 1.78. The van der Waals surface area contributed by atoms with Crippen molar-refractivity contribution in [1.29, 1.82) is 0 Å². The fraction of sp³-hybridized carbons (Fsp3) is 0.0588. The average Bonchev–Trinajstić information content (AvgIpc) is 2.48. The number of carbonyl (C=O) groups excluding carboxylic acids is 1. The van der Waals surface area contributed by atoms with Gasteiger partial charge in [-0.1, -0.05) is 35.7 Å². The van der Waals surface area contributed by atoms with E-state index in [1.165, 1.54) is 6.07 Å². The summed E-state index contributed by atoms with van der Waals surface area (Å²) in [5.41, 5.74) is 1.81. The summed E-state index contributed by atoms with van der Waals surface area (Å²) >= 11 is 0. The molecule has 0 saturated carbocycles. The van der Waals surface area contributed by atoms with Gasteiger partial charge in [-0.05, 0) is 31.2 Å². The number of anilines is 1. The Morgan fingerprint density at radius 2 is 1.81 bits per heavy atom. The van der Waals surface area contributed by atoms with Crippen LogP contribution in [0.15, 0.2) is 48.5 Å². The van der Waals surface area contributed by atoms with Gasteiger partial charge in [0.15, 0.2) is 0 Å². The van der Waals surface area contributed by atoms with Crippen molar-refractivity contribution in [3.63, 3.8) is 0 Å². The molecule has 1 amide bonds. The second kappa shape index (κ2) is 6.40. The third kappa shape index (κ3) is 3.95. The van der Waals surface area contributed by atoms with Gasteiger partial charge < -0.3 is 10.4 Å². The van der Waals surface area contributed by atoms with E-state index in [9.17, 15) is 9.59 Å². The monoisotopic (exact) mass is 279 g/mol. The highest BCUT2D eigenvalue weighted by atomic mass is 16.4. The standard InChI is InChI=1S/C17H13NO3/c1-12-7-9-15(14(11-12)17(20)21)18-16(19)10-8-13-5-3-2-4-6-13/h2-7,9,11H,1H3,(H,18,19)(H,20,21). The molecular formula is C17H13NO3. The summed E-state index contributed by atoms with van der Waals surface area (Å²) in [6.07, 6.45) is 0. The SMILES string of the molecule is Cc1ccc(NC(=O)C#Cc2ccccc2)c(C(=O)O)c1. The van der Waals surface area contributed by atoms with Crippen molar-refractivity contribution in [2.45, 2.75) is 6.92 Å². The highest BCUT2D eigenvalue weighted by Gasteiger charge is 2.11. The lowest BCUT2D eigenvalue weighted by Gasteiger charge is -2.06. The van der Waals surface area contributed by atoms with Gasteiger partial charge >= 0.3 is 11.9 Å². The minimum absolute atomic E-state index is 0.0462. The van der Waals surface area contributed by atoms with Gasteiger partial charge in [-0.2, -0.15) is 0 Å². The fourth-order valence-corrected chi connectivity index (χ4v) is 1.75. The molecule has 0 unspecified atom stereocenters. The topological polar surface area (TPSA) is 66.4 Å². The molecule has 4 nitrogen and oxygen atoms in total. The van der Waals surface area contributed by atoms with Crippen LogP contribution in [0.25, 0.3) is 0 Å². The van der Waals surface area contributed by atoms with Crippen LogP contribution >= 0.6 is 0 Å². The van der Waals surface area contributed by atoms with E-state index in [1.54, 1.807) is 31.2 Å². The number of hydrogen-bond donors (Lipinski definition) is 2. The molecule has 0 spiro atoms. The number of carbonyl (C=O) groups is 2. The number of aryl methyl sites for hydroxylation is 1. The van der Waals surface area contributed by atoms with Crippen LogP contribution in [0.1, 0.15) is 21.5 Å². The second-order valence-corrected chi connectivity index (χ2v) is 4.42. The van der Waals surface area contributed by atoms with Crippen molar-refractivity contribution in [2.24, 2.45) is 0 Å². The summed E-state index contributed by atoms with van der Waals surface area (Å²) < 4.78 is 0. The van der Waals surface area contributed by atoms with Crippen molar-refractivity contribution in [3.05, 3.63) is 65.2 Å². The lowest BCUT2D eigenvalue weighted by atomic mass is 10.1. The number of carboxylic acid groups (broad SMARTS) is 1. The number of aromatic carboxylic acids is 1. The normalized spacial score (nSPS) is 9.38. The van der Waals surface area contributed by atoms with E-state index in [-0.39, 0.29) is 11.3 Å². The highest BCUT2D eigenvalue weighted by Crippen LogP contribution is 2.17. The van der Waals surface area contributed by atoms with E-state index in [2.05, 4.69) is 17.2 Å².